The molecule has 3 unspecified atom stereocenters. The van der Waals surface area contributed by atoms with Gasteiger partial charge < -0.3 is 5.32 Å². The average molecular weight is 355 g/mol. The van der Waals surface area contributed by atoms with Crippen LogP contribution < -0.4 is 10.6 Å². The number of nitrogens with zero attached hydrogens (tertiary/aromatic N) is 1. The van der Waals surface area contributed by atoms with E-state index in [2.05, 4.69) is 15.6 Å². The van der Waals surface area contributed by atoms with Crippen LogP contribution in [0.1, 0.15) is 42.5 Å². The predicted octanol–water partition coefficient (Wildman–Crippen LogP) is 4.16. The van der Waals surface area contributed by atoms with Gasteiger partial charge in [-0.1, -0.05) is 6.42 Å². The van der Waals surface area contributed by atoms with Gasteiger partial charge in [0.25, 0.3) is 5.91 Å². The van der Waals surface area contributed by atoms with Crippen LogP contribution in [-0.2, 0) is 4.79 Å². The minimum atomic E-state index is -0.199. The summed E-state index contributed by atoms with van der Waals surface area (Å²) in [5.74, 6) is 2.06. The first-order valence-electron chi connectivity index (χ1n) is 8.78. The summed E-state index contributed by atoms with van der Waals surface area (Å²) in [5.41, 5.74) is 1.28. The largest absolute Gasteiger partial charge is 0.326 e. The van der Waals surface area contributed by atoms with Crippen LogP contribution in [0.15, 0.2) is 35.8 Å². The van der Waals surface area contributed by atoms with Crippen molar-refractivity contribution in [1.29, 1.82) is 0 Å². The van der Waals surface area contributed by atoms with Gasteiger partial charge in [-0.15, -0.1) is 11.3 Å². The fourth-order valence-electron chi connectivity index (χ4n) is 4.24. The van der Waals surface area contributed by atoms with Crippen molar-refractivity contribution >= 4 is 34.0 Å². The molecule has 2 aromatic rings. The molecule has 4 rings (SSSR count). The Labute approximate surface area is 150 Å². The van der Waals surface area contributed by atoms with E-state index in [0.717, 1.165) is 17.5 Å². The SMILES string of the molecule is O=C(CC1CC2CCC1C2)Nc1ccc(C(=O)Nc2nccs2)cc1. The van der Waals surface area contributed by atoms with Gasteiger partial charge >= 0.3 is 0 Å². The van der Waals surface area contributed by atoms with Crippen LogP contribution >= 0.6 is 11.3 Å². The predicted molar refractivity (Wildman–Crippen MR) is 98.7 cm³/mol. The van der Waals surface area contributed by atoms with Crippen molar-refractivity contribution in [3.05, 3.63) is 41.4 Å². The van der Waals surface area contributed by atoms with Crippen molar-refractivity contribution in [2.24, 2.45) is 17.8 Å². The molecule has 2 amide bonds. The summed E-state index contributed by atoms with van der Waals surface area (Å²) in [7, 11) is 0. The van der Waals surface area contributed by atoms with Crippen LogP contribution in [0.3, 0.4) is 0 Å². The van der Waals surface area contributed by atoms with Crippen molar-refractivity contribution in [3.8, 4) is 0 Å². The Kier molecular flexibility index (Phi) is 4.53. The number of nitrogens with one attached hydrogen (secondary N) is 2. The maximum atomic E-state index is 12.3. The highest BCUT2D eigenvalue weighted by Crippen LogP contribution is 2.49. The van der Waals surface area contributed by atoms with Crippen molar-refractivity contribution in [2.45, 2.75) is 32.1 Å². The van der Waals surface area contributed by atoms with Crippen LogP contribution in [0.25, 0.3) is 0 Å². The molecular formula is C19H21N3O2S. The third kappa shape index (κ3) is 3.74. The summed E-state index contributed by atoms with van der Waals surface area (Å²) >= 11 is 1.38. The van der Waals surface area contributed by atoms with E-state index in [0.29, 0.717) is 23.0 Å². The monoisotopic (exact) mass is 355 g/mol. The number of carbonyl (C=O) groups excluding carboxylic acids is 2. The number of hydrogen-bond acceptors (Lipinski definition) is 4. The standard InChI is InChI=1S/C19H21N3O2S/c23-17(11-15-10-12-1-2-14(15)9-12)21-16-5-3-13(4-6-16)18(24)22-19-20-7-8-25-19/h3-8,12,14-15H,1-2,9-11H2,(H,21,23)(H,20,22,24). The summed E-state index contributed by atoms with van der Waals surface area (Å²) in [5, 5.41) is 8.09. The molecule has 2 aliphatic carbocycles. The fourth-order valence-corrected chi connectivity index (χ4v) is 4.76. The molecule has 2 fully saturated rings. The van der Waals surface area contributed by atoms with Crippen molar-refractivity contribution in [2.75, 3.05) is 10.6 Å². The van der Waals surface area contributed by atoms with Crippen LogP contribution in [0.2, 0.25) is 0 Å². The van der Waals surface area contributed by atoms with E-state index in [1.807, 2.05) is 5.38 Å². The third-order valence-electron chi connectivity index (χ3n) is 5.42. The summed E-state index contributed by atoms with van der Waals surface area (Å²) in [6, 6.07) is 6.98. The van der Waals surface area contributed by atoms with E-state index in [9.17, 15) is 9.59 Å². The van der Waals surface area contributed by atoms with E-state index >= 15 is 0 Å². The number of hydrogen-bond donors (Lipinski definition) is 2. The maximum Gasteiger partial charge on any atom is 0.257 e. The molecule has 25 heavy (non-hydrogen) atoms. The summed E-state index contributed by atoms with van der Waals surface area (Å²) < 4.78 is 0. The Balaban J connectivity index is 1.31. The summed E-state index contributed by atoms with van der Waals surface area (Å²) in [4.78, 5) is 28.4. The second-order valence-electron chi connectivity index (χ2n) is 7.06. The zero-order chi connectivity index (χ0) is 17.2. The number of amides is 2. The van der Waals surface area contributed by atoms with Gasteiger partial charge in [-0.05, 0) is 61.3 Å². The Morgan fingerprint density at radius 1 is 1.12 bits per heavy atom. The number of carbonyl (C=O) groups is 2. The Bertz CT molecular complexity index is 757. The van der Waals surface area contributed by atoms with Crippen molar-refractivity contribution in [3.63, 3.8) is 0 Å². The number of anilines is 2. The maximum absolute atomic E-state index is 12.3. The number of thiazole rings is 1. The molecule has 5 nitrogen and oxygen atoms in total. The molecule has 1 aromatic heterocycles. The van der Waals surface area contributed by atoms with E-state index in [1.165, 1.54) is 37.0 Å². The molecule has 2 aliphatic rings. The van der Waals surface area contributed by atoms with E-state index in [-0.39, 0.29) is 11.8 Å². The molecule has 0 spiro atoms. The fraction of sp³-hybridized carbons (Fsp3) is 0.421. The minimum absolute atomic E-state index is 0.0811. The second-order valence-corrected chi connectivity index (χ2v) is 7.95. The Morgan fingerprint density at radius 3 is 2.60 bits per heavy atom. The van der Waals surface area contributed by atoms with Gasteiger partial charge in [0.15, 0.2) is 5.13 Å². The number of aromatic nitrogens is 1. The van der Waals surface area contributed by atoms with Crippen LogP contribution in [0.5, 0.6) is 0 Å². The molecule has 6 heteroatoms. The highest BCUT2D eigenvalue weighted by molar-refractivity contribution is 7.13. The minimum Gasteiger partial charge on any atom is -0.326 e. The third-order valence-corrected chi connectivity index (χ3v) is 6.10. The molecule has 1 aromatic carbocycles. The van der Waals surface area contributed by atoms with E-state index in [1.54, 1.807) is 30.5 Å². The summed E-state index contributed by atoms with van der Waals surface area (Å²) in [6.45, 7) is 0. The smallest absolute Gasteiger partial charge is 0.257 e. The van der Waals surface area contributed by atoms with E-state index in [4.69, 9.17) is 0 Å². The van der Waals surface area contributed by atoms with Gasteiger partial charge in [-0.3, -0.25) is 14.9 Å². The van der Waals surface area contributed by atoms with Crippen LogP contribution in [0, 0.1) is 17.8 Å². The second kappa shape index (κ2) is 6.96. The molecule has 0 saturated heterocycles. The summed E-state index contributed by atoms with van der Waals surface area (Å²) in [6.07, 6.45) is 7.45. The van der Waals surface area contributed by atoms with Gasteiger partial charge in [0, 0.05) is 29.2 Å². The highest BCUT2D eigenvalue weighted by atomic mass is 32.1. The zero-order valence-corrected chi connectivity index (χ0v) is 14.7. The average Bonchev–Trinajstić information content (AvgIpc) is 3.33. The molecule has 0 aliphatic heterocycles. The first-order valence-corrected chi connectivity index (χ1v) is 9.66. The van der Waals surface area contributed by atoms with Gasteiger partial charge in [0.05, 0.1) is 0 Å². The lowest BCUT2D eigenvalue weighted by Gasteiger charge is -2.20. The van der Waals surface area contributed by atoms with Gasteiger partial charge in [-0.25, -0.2) is 4.98 Å². The normalized spacial score (nSPS) is 24.2. The molecular weight excluding hydrogens is 334 g/mol. The van der Waals surface area contributed by atoms with Crippen molar-refractivity contribution in [1.82, 2.24) is 4.98 Å². The number of fused-ring (bicyclic) bond motifs is 2. The number of rotatable bonds is 5. The van der Waals surface area contributed by atoms with Crippen LogP contribution in [0.4, 0.5) is 10.8 Å². The van der Waals surface area contributed by atoms with Gasteiger partial charge in [-0.2, -0.15) is 0 Å². The lowest BCUT2D eigenvalue weighted by molar-refractivity contribution is -0.117. The molecule has 130 valence electrons. The molecule has 2 bridgehead atoms. The van der Waals surface area contributed by atoms with Gasteiger partial charge in [0.1, 0.15) is 0 Å². The topological polar surface area (TPSA) is 71.1 Å². The van der Waals surface area contributed by atoms with Gasteiger partial charge in [0.2, 0.25) is 5.91 Å². The quantitative estimate of drug-likeness (QED) is 0.846. The molecule has 2 saturated carbocycles. The lowest BCUT2D eigenvalue weighted by Crippen LogP contribution is -2.20. The van der Waals surface area contributed by atoms with Crippen molar-refractivity contribution < 1.29 is 9.59 Å². The first kappa shape index (κ1) is 16.3. The molecule has 3 atom stereocenters. The van der Waals surface area contributed by atoms with Crippen LogP contribution in [-0.4, -0.2) is 16.8 Å². The highest BCUT2D eigenvalue weighted by Gasteiger charge is 2.40. The Hall–Kier alpha value is -2.21. The lowest BCUT2D eigenvalue weighted by atomic mass is 9.86. The molecule has 1 heterocycles. The molecule has 2 N–H and O–H groups in total. The Morgan fingerprint density at radius 2 is 1.96 bits per heavy atom. The van der Waals surface area contributed by atoms with E-state index < -0.39 is 0 Å². The molecule has 0 radical (unpaired) electrons. The number of benzene rings is 1. The first-order chi connectivity index (χ1) is 12.2. The zero-order valence-electron chi connectivity index (χ0n) is 13.9.